The van der Waals surface area contributed by atoms with Gasteiger partial charge in [0.15, 0.2) is 0 Å². The van der Waals surface area contributed by atoms with Crippen LogP contribution in [0, 0.1) is 12.8 Å². The molecule has 0 bridgehead atoms. The second kappa shape index (κ2) is 6.59. The Hall–Kier alpha value is -1.06. The Balaban J connectivity index is 1.77. The molecule has 20 heavy (non-hydrogen) atoms. The van der Waals surface area contributed by atoms with Crippen LogP contribution in [-0.4, -0.2) is 39.4 Å². The van der Waals surface area contributed by atoms with Crippen LogP contribution < -0.4 is 10.2 Å². The number of hydrogen-bond donors (Lipinski definition) is 1. The van der Waals surface area contributed by atoms with Crippen molar-refractivity contribution in [3.05, 3.63) is 29.3 Å². The van der Waals surface area contributed by atoms with Crippen LogP contribution in [0.5, 0.6) is 0 Å². The molecule has 3 heteroatoms. The number of morpholine rings is 1. The predicted molar refractivity (Wildman–Crippen MR) is 83.5 cm³/mol. The number of nitrogens with one attached hydrogen (secondary N) is 1. The maximum absolute atomic E-state index is 5.48. The molecule has 0 aliphatic carbocycles. The lowest BCUT2D eigenvalue weighted by atomic mass is 9.89. The van der Waals surface area contributed by atoms with Crippen molar-refractivity contribution in [2.24, 2.45) is 5.92 Å². The van der Waals surface area contributed by atoms with Crippen LogP contribution >= 0.6 is 0 Å². The molecule has 3 rings (SSSR count). The van der Waals surface area contributed by atoms with E-state index in [1.54, 1.807) is 5.56 Å². The van der Waals surface area contributed by atoms with Gasteiger partial charge in [-0.05, 0) is 56.8 Å². The summed E-state index contributed by atoms with van der Waals surface area (Å²) in [5.74, 6) is 0.845. The van der Waals surface area contributed by atoms with Gasteiger partial charge in [-0.2, -0.15) is 0 Å². The smallest absolute Gasteiger partial charge is 0.0642 e. The number of piperidine rings is 1. The molecule has 0 amide bonds. The average molecular weight is 274 g/mol. The van der Waals surface area contributed by atoms with Crippen molar-refractivity contribution in [3.8, 4) is 0 Å². The van der Waals surface area contributed by atoms with Crippen LogP contribution in [-0.2, 0) is 11.2 Å². The van der Waals surface area contributed by atoms with Crippen molar-refractivity contribution in [1.29, 1.82) is 0 Å². The van der Waals surface area contributed by atoms with Crippen molar-refractivity contribution >= 4 is 5.69 Å². The summed E-state index contributed by atoms with van der Waals surface area (Å²) >= 11 is 0. The monoisotopic (exact) mass is 274 g/mol. The molecular formula is C17H26N2O. The maximum Gasteiger partial charge on any atom is 0.0642 e. The molecule has 2 heterocycles. The van der Waals surface area contributed by atoms with Crippen LogP contribution in [0.2, 0.25) is 0 Å². The van der Waals surface area contributed by atoms with Gasteiger partial charge in [0, 0.05) is 18.8 Å². The Kier molecular flexibility index (Phi) is 4.58. The fourth-order valence-electron chi connectivity index (χ4n) is 3.39. The number of hydrogen-bond acceptors (Lipinski definition) is 3. The first kappa shape index (κ1) is 13.9. The highest BCUT2D eigenvalue weighted by molar-refractivity contribution is 5.55. The third kappa shape index (κ3) is 3.33. The standard InChI is InChI=1S/C17H26N2O/c1-14-2-3-17(19-8-10-20-11-9-19)16(12-14)13-15-4-6-18-7-5-15/h2-3,12,15,18H,4-11,13H2,1H3. The van der Waals surface area contributed by atoms with E-state index >= 15 is 0 Å². The van der Waals surface area contributed by atoms with Gasteiger partial charge in [-0.1, -0.05) is 17.7 Å². The molecule has 3 nitrogen and oxygen atoms in total. The minimum absolute atomic E-state index is 0.845. The van der Waals surface area contributed by atoms with Crippen molar-refractivity contribution in [2.45, 2.75) is 26.2 Å². The largest absolute Gasteiger partial charge is 0.378 e. The number of nitrogens with zero attached hydrogens (tertiary/aromatic N) is 1. The lowest BCUT2D eigenvalue weighted by Crippen LogP contribution is -2.37. The third-order valence-corrected chi connectivity index (χ3v) is 4.55. The van der Waals surface area contributed by atoms with E-state index in [1.165, 1.54) is 43.6 Å². The van der Waals surface area contributed by atoms with Crippen molar-refractivity contribution in [1.82, 2.24) is 5.32 Å². The zero-order valence-electron chi connectivity index (χ0n) is 12.5. The van der Waals surface area contributed by atoms with Crippen LogP contribution in [0.3, 0.4) is 0 Å². The van der Waals surface area contributed by atoms with Gasteiger partial charge in [0.05, 0.1) is 13.2 Å². The molecule has 0 spiro atoms. The molecule has 0 radical (unpaired) electrons. The first-order valence-electron chi connectivity index (χ1n) is 7.96. The van der Waals surface area contributed by atoms with E-state index in [9.17, 15) is 0 Å². The SMILES string of the molecule is Cc1ccc(N2CCOCC2)c(CC2CCNCC2)c1. The van der Waals surface area contributed by atoms with Crippen LogP contribution in [0.1, 0.15) is 24.0 Å². The van der Waals surface area contributed by atoms with E-state index in [1.807, 2.05) is 0 Å². The van der Waals surface area contributed by atoms with Gasteiger partial charge in [0.2, 0.25) is 0 Å². The lowest BCUT2D eigenvalue weighted by Gasteiger charge is -2.32. The average Bonchev–Trinajstić information content (AvgIpc) is 2.49. The zero-order chi connectivity index (χ0) is 13.8. The second-order valence-corrected chi connectivity index (χ2v) is 6.13. The minimum Gasteiger partial charge on any atom is -0.378 e. The summed E-state index contributed by atoms with van der Waals surface area (Å²) in [6, 6.07) is 6.96. The first-order chi connectivity index (χ1) is 9.83. The molecule has 0 unspecified atom stereocenters. The number of anilines is 1. The Labute approximate surface area is 122 Å². The van der Waals surface area contributed by atoms with E-state index in [0.29, 0.717) is 0 Å². The van der Waals surface area contributed by atoms with Gasteiger partial charge in [0.1, 0.15) is 0 Å². The first-order valence-corrected chi connectivity index (χ1v) is 7.96. The zero-order valence-corrected chi connectivity index (χ0v) is 12.5. The van der Waals surface area contributed by atoms with Gasteiger partial charge >= 0.3 is 0 Å². The summed E-state index contributed by atoms with van der Waals surface area (Å²) in [4.78, 5) is 2.50. The molecule has 0 saturated carbocycles. The lowest BCUT2D eigenvalue weighted by molar-refractivity contribution is 0.122. The quantitative estimate of drug-likeness (QED) is 0.916. The van der Waals surface area contributed by atoms with E-state index in [4.69, 9.17) is 4.74 Å². The number of rotatable bonds is 3. The Morgan fingerprint density at radius 2 is 1.95 bits per heavy atom. The van der Waals surface area contributed by atoms with Crippen LogP contribution in [0.25, 0.3) is 0 Å². The number of ether oxygens (including phenoxy) is 1. The van der Waals surface area contributed by atoms with Gasteiger partial charge in [0.25, 0.3) is 0 Å². The highest BCUT2D eigenvalue weighted by Crippen LogP contribution is 2.28. The molecule has 1 aromatic carbocycles. The summed E-state index contributed by atoms with van der Waals surface area (Å²) < 4.78 is 5.48. The predicted octanol–water partition coefficient (Wildman–Crippen LogP) is 2.37. The van der Waals surface area contributed by atoms with Crippen molar-refractivity contribution < 1.29 is 4.74 Å². The molecule has 2 fully saturated rings. The van der Waals surface area contributed by atoms with Crippen molar-refractivity contribution in [2.75, 3.05) is 44.3 Å². The molecule has 2 aliphatic rings. The Bertz CT molecular complexity index is 435. The maximum atomic E-state index is 5.48. The summed E-state index contributed by atoms with van der Waals surface area (Å²) in [5.41, 5.74) is 4.36. The summed E-state index contributed by atoms with van der Waals surface area (Å²) in [7, 11) is 0. The summed E-state index contributed by atoms with van der Waals surface area (Å²) in [6.45, 7) is 8.35. The third-order valence-electron chi connectivity index (χ3n) is 4.55. The number of aryl methyl sites for hydroxylation is 1. The van der Waals surface area contributed by atoms with E-state index in [2.05, 4.69) is 35.3 Å². The van der Waals surface area contributed by atoms with Crippen LogP contribution in [0.15, 0.2) is 18.2 Å². The van der Waals surface area contributed by atoms with E-state index < -0.39 is 0 Å². The normalized spacial score (nSPS) is 21.1. The van der Waals surface area contributed by atoms with E-state index in [0.717, 1.165) is 32.2 Å². The fourth-order valence-corrected chi connectivity index (χ4v) is 3.39. The van der Waals surface area contributed by atoms with Gasteiger partial charge in [-0.3, -0.25) is 0 Å². The molecule has 0 aromatic heterocycles. The molecular weight excluding hydrogens is 248 g/mol. The van der Waals surface area contributed by atoms with Gasteiger partial charge in [-0.15, -0.1) is 0 Å². The highest BCUT2D eigenvalue weighted by atomic mass is 16.5. The molecule has 2 aliphatic heterocycles. The van der Waals surface area contributed by atoms with Crippen LogP contribution in [0.4, 0.5) is 5.69 Å². The Morgan fingerprint density at radius 1 is 1.20 bits per heavy atom. The fraction of sp³-hybridized carbons (Fsp3) is 0.647. The van der Waals surface area contributed by atoms with Gasteiger partial charge in [-0.25, -0.2) is 0 Å². The summed E-state index contributed by atoms with van der Waals surface area (Å²) in [6.07, 6.45) is 3.86. The minimum atomic E-state index is 0.845. The second-order valence-electron chi connectivity index (χ2n) is 6.13. The summed E-state index contributed by atoms with van der Waals surface area (Å²) in [5, 5.41) is 3.46. The topological polar surface area (TPSA) is 24.5 Å². The van der Waals surface area contributed by atoms with E-state index in [-0.39, 0.29) is 0 Å². The Morgan fingerprint density at radius 3 is 2.70 bits per heavy atom. The molecule has 110 valence electrons. The van der Waals surface area contributed by atoms with Gasteiger partial charge < -0.3 is 15.0 Å². The van der Waals surface area contributed by atoms with Crippen molar-refractivity contribution in [3.63, 3.8) is 0 Å². The number of benzene rings is 1. The highest BCUT2D eigenvalue weighted by Gasteiger charge is 2.19. The molecule has 0 atom stereocenters. The molecule has 1 N–H and O–H groups in total. The molecule has 1 aromatic rings. The molecule has 2 saturated heterocycles.